The average Bonchev–Trinajstić information content (AvgIpc) is 3.47. The Hall–Kier alpha value is -3.65. The van der Waals surface area contributed by atoms with Crippen molar-refractivity contribution in [1.29, 1.82) is 0 Å². The lowest BCUT2D eigenvalue weighted by molar-refractivity contribution is 0.240. The number of nitrogens with zero attached hydrogens (tertiary/aromatic N) is 4. The third kappa shape index (κ3) is 3.66. The van der Waals surface area contributed by atoms with Crippen LogP contribution in [0.4, 0.5) is 5.95 Å². The molecule has 168 valence electrons. The second kappa shape index (κ2) is 8.04. The van der Waals surface area contributed by atoms with Crippen LogP contribution in [0.1, 0.15) is 30.9 Å². The molecule has 3 heterocycles. The number of hydrogen-bond donors (Lipinski definition) is 2. The molecule has 0 amide bonds. The summed E-state index contributed by atoms with van der Waals surface area (Å²) >= 11 is 0. The minimum Gasteiger partial charge on any atom is -0.497 e. The zero-order valence-corrected chi connectivity index (χ0v) is 18.4. The number of likely N-dealkylation sites (tertiary alicyclic amines) is 1. The van der Waals surface area contributed by atoms with E-state index in [4.69, 9.17) is 9.72 Å². The van der Waals surface area contributed by atoms with Crippen LogP contribution in [0.25, 0.3) is 16.7 Å². The summed E-state index contributed by atoms with van der Waals surface area (Å²) < 4.78 is 7.19. The van der Waals surface area contributed by atoms with Crippen LogP contribution < -0.4 is 15.6 Å². The van der Waals surface area contributed by atoms with E-state index in [1.54, 1.807) is 18.0 Å². The van der Waals surface area contributed by atoms with Gasteiger partial charge in [0.05, 0.1) is 25.0 Å². The molecule has 2 aromatic carbocycles. The van der Waals surface area contributed by atoms with Crippen molar-refractivity contribution in [3.63, 3.8) is 0 Å². The molecule has 1 aliphatic heterocycles. The van der Waals surface area contributed by atoms with Gasteiger partial charge in [0.2, 0.25) is 5.95 Å². The molecule has 2 unspecified atom stereocenters. The van der Waals surface area contributed by atoms with Gasteiger partial charge in [-0.05, 0) is 49.1 Å². The Labute approximate surface area is 191 Å². The second-order valence-corrected chi connectivity index (χ2v) is 8.77. The maximum atomic E-state index is 12.8. The van der Waals surface area contributed by atoms with E-state index < -0.39 is 0 Å². The fourth-order valence-corrected chi connectivity index (χ4v) is 4.95. The molecular weight excluding hydrogens is 416 g/mol. The molecule has 0 radical (unpaired) electrons. The number of hydrogen-bond acceptors (Lipinski definition) is 6. The highest BCUT2D eigenvalue weighted by molar-refractivity contribution is 5.76. The number of aromatic nitrogens is 4. The van der Waals surface area contributed by atoms with E-state index in [0.717, 1.165) is 24.4 Å². The molecule has 8 heteroatoms. The van der Waals surface area contributed by atoms with Crippen LogP contribution in [0.15, 0.2) is 65.6 Å². The van der Waals surface area contributed by atoms with Crippen LogP contribution in [0.2, 0.25) is 0 Å². The minimum absolute atomic E-state index is 0.117. The molecule has 2 N–H and O–H groups in total. The van der Waals surface area contributed by atoms with Crippen LogP contribution in [0, 0.1) is 0 Å². The molecule has 33 heavy (non-hydrogen) atoms. The van der Waals surface area contributed by atoms with Gasteiger partial charge in [-0.25, -0.2) is 4.68 Å². The lowest BCUT2D eigenvalue weighted by atomic mass is 9.99. The number of anilines is 1. The molecule has 1 aliphatic carbocycles. The highest BCUT2D eigenvalue weighted by atomic mass is 16.5. The van der Waals surface area contributed by atoms with Crippen molar-refractivity contribution < 1.29 is 4.74 Å². The van der Waals surface area contributed by atoms with Crippen molar-refractivity contribution in [1.82, 2.24) is 24.6 Å². The standard InChI is InChI=1S/C25H26N6O2/c1-33-19-9-5-6-16(14-19)22-21(12-13-30(22)17-10-11-17)27-25-28-23-20(24(32)29-25)15-26-31(23)18-7-3-2-4-8-18/h2-9,14-15,17,21-22H,10-13H2,1H3,(H2,27,28,29,32). The Balaban J connectivity index is 1.36. The highest BCUT2D eigenvalue weighted by Crippen LogP contribution is 2.42. The van der Waals surface area contributed by atoms with Gasteiger partial charge in [-0.2, -0.15) is 10.1 Å². The van der Waals surface area contributed by atoms with Crippen molar-refractivity contribution in [3.8, 4) is 11.4 Å². The van der Waals surface area contributed by atoms with E-state index in [9.17, 15) is 4.79 Å². The first-order valence-corrected chi connectivity index (χ1v) is 11.4. The van der Waals surface area contributed by atoms with E-state index in [-0.39, 0.29) is 17.6 Å². The first-order valence-electron chi connectivity index (χ1n) is 11.4. The minimum atomic E-state index is -0.195. The third-order valence-corrected chi connectivity index (χ3v) is 6.65. The summed E-state index contributed by atoms with van der Waals surface area (Å²) in [5.74, 6) is 1.33. The van der Waals surface area contributed by atoms with Crippen LogP contribution in [-0.4, -0.2) is 50.4 Å². The van der Waals surface area contributed by atoms with Crippen LogP contribution in [0.5, 0.6) is 5.75 Å². The molecule has 4 aromatic rings. The van der Waals surface area contributed by atoms with Crippen molar-refractivity contribution in [2.45, 2.75) is 37.4 Å². The Bertz CT molecular complexity index is 1340. The van der Waals surface area contributed by atoms with Crippen LogP contribution in [-0.2, 0) is 0 Å². The zero-order valence-electron chi connectivity index (χ0n) is 18.4. The van der Waals surface area contributed by atoms with Gasteiger partial charge in [0.25, 0.3) is 5.56 Å². The molecule has 2 aromatic heterocycles. The van der Waals surface area contributed by atoms with Crippen molar-refractivity contribution >= 4 is 17.0 Å². The summed E-state index contributed by atoms with van der Waals surface area (Å²) in [7, 11) is 1.70. The van der Waals surface area contributed by atoms with Gasteiger partial charge >= 0.3 is 0 Å². The number of nitrogens with one attached hydrogen (secondary N) is 2. The van der Waals surface area contributed by atoms with E-state index in [1.807, 2.05) is 42.5 Å². The number of rotatable bonds is 6. The van der Waals surface area contributed by atoms with Gasteiger partial charge in [-0.15, -0.1) is 0 Å². The van der Waals surface area contributed by atoms with Crippen molar-refractivity contribution in [2.24, 2.45) is 0 Å². The summed E-state index contributed by atoms with van der Waals surface area (Å²) in [4.78, 5) is 23.1. The smallest absolute Gasteiger partial charge is 0.263 e. The Kier molecular flexibility index (Phi) is 4.87. The monoisotopic (exact) mass is 442 g/mol. The molecule has 2 fully saturated rings. The molecule has 8 nitrogen and oxygen atoms in total. The van der Waals surface area contributed by atoms with E-state index >= 15 is 0 Å². The summed E-state index contributed by atoms with van der Waals surface area (Å²) in [5.41, 5.74) is 2.43. The third-order valence-electron chi connectivity index (χ3n) is 6.65. The highest BCUT2D eigenvalue weighted by Gasteiger charge is 2.43. The summed E-state index contributed by atoms with van der Waals surface area (Å²) in [6, 6.07) is 19.0. The fraction of sp³-hybridized carbons (Fsp3) is 0.320. The summed E-state index contributed by atoms with van der Waals surface area (Å²) in [6.07, 6.45) is 5.02. The zero-order chi connectivity index (χ0) is 22.4. The molecule has 2 aliphatic rings. The van der Waals surface area contributed by atoms with E-state index in [0.29, 0.717) is 23.0 Å². The maximum absolute atomic E-state index is 12.8. The van der Waals surface area contributed by atoms with Crippen LogP contribution in [0.3, 0.4) is 0 Å². The Morgan fingerprint density at radius 3 is 2.73 bits per heavy atom. The number of aromatic amines is 1. The van der Waals surface area contributed by atoms with Gasteiger partial charge in [-0.3, -0.25) is 14.7 Å². The normalized spacial score (nSPS) is 20.9. The number of para-hydroxylation sites is 1. The van der Waals surface area contributed by atoms with Crippen LogP contribution >= 0.6 is 0 Å². The van der Waals surface area contributed by atoms with E-state index in [2.05, 4.69) is 32.4 Å². The first-order chi connectivity index (χ1) is 16.2. The average molecular weight is 443 g/mol. The maximum Gasteiger partial charge on any atom is 0.263 e. The lowest BCUT2D eigenvalue weighted by Crippen LogP contribution is -2.33. The first kappa shape index (κ1) is 20.0. The molecule has 2 atom stereocenters. The van der Waals surface area contributed by atoms with Gasteiger partial charge in [-0.1, -0.05) is 30.3 Å². The summed E-state index contributed by atoms with van der Waals surface area (Å²) in [6.45, 7) is 1.01. The quantitative estimate of drug-likeness (QED) is 0.475. The topological polar surface area (TPSA) is 88.1 Å². The SMILES string of the molecule is COc1cccc(C2C(Nc3nc4c(cnn4-c4ccccc4)c(=O)[nH]3)CCN2C2CC2)c1. The van der Waals surface area contributed by atoms with Gasteiger partial charge < -0.3 is 10.1 Å². The predicted octanol–water partition coefficient (Wildman–Crippen LogP) is 3.51. The second-order valence-electron chi connectivity index (χ2n) is 8.77. The molecule has 0 spiro atoms. The Morgan fingerprint density at radius 1 is 1.09 bits per heavy atom. The van der Waals surface area contributed by atoms with Crippen molar-refractivity contribution in [2.75, 3.05) is 19.0 Å². The fourth-order valence-electron chi connectivity index (χ4n) is 4.95. The largest absolute Gasteiger partial charge is 0.497 e. The number of H-pyrrole nitrogens is 1. The van der Waals surface area contributed by atoms with Crippen molar-refractivity contribution in [3.05, 3.63) is 76.7 Å². The predicted molar refractivity (Wildman–Crippen MR) is 127 cm³/mol. The van der Waals surface area contributed by atoms with Gasteiger partial charge in [0, 0.05) is 18.6 Å². The van der Waals surface area contributed by atoms with E-state index in [1.165, 1.54) is 18.4 Å². The lowest BCUT2D eigenvalue weighted by Gasteiger charge is -2.29. The number of ether oxygens (including phenoxy) is 1. The number of methoxy groups -OCH3 is 1. The molecule has 1 saturated carbocycles. The molecular formula is C25H26N6O2. The van der Waals surface area contributed by atoms with Gasteiger partial charge in [0.15, 0.2) is 5.65 Å². The molecule has 1 saturated heterocycles. The molecule has 0 bridgehead atoms. The van der Waals surface area contributed by atoms with Gasteiger partial charge in [0.1, 0.15) is 11.1 Å². The molecule has 6 rings (SSSR count). The number of benzene rings is 2. The number of fused-ring (bicyclic) bond motifs is 1. The summed E-state index contributed by atoms with van der Waals surface area (Å²) in [5, 5.41) is 8.43. The Morgan fingerprint density at radius 2 is 1.94 bits per heavy atom.